The van der Waals surface area contributed by atoms with Crippen LogP contribution in [-0.2, 0) is 14.8 Å². The number of sulfonamides is 1. The van der Waals surface area contributed by atoms with E-state index in [0.29, 0.717) is 0 Å². The molecule has 1 saturated heterocycles. The summed E-state index contributed by atoms with van der Waals surface area (Å²) >= 11 is 0. The summed E-state index contributed by atoms with van der Waals surface area (Å²) in [5.74, 6) is -0.137. The Morgan fingerprint density at radius 1 is 1.30 bits per heavy atom. The van der Waals surface area contributed by atoms with E-state index in [0.717, 1.165) is 25.9 Å². The summed E-state index contributed by atoms with van der Waals surface area (Å²) in [6.07, 6.45) is 2.18. The number of nitrogens with zero attached hydrogens (tertiary/aromatic N) is 1. The van der Waals surface area contributed by atoms with Gasteiger partial charge in [0.05, 0.1) is 4.90 Å². The highest BCUT2D eigenvalue weighted by atomic mass is 32.2. The third-order valence-electron chi connectivity index (χ3n) is 3.22. The summed E-state index contributed by atoms with van der Waals surface area (Å²) in [5.41, 5.74) is 0. The highest BCUT2D eigenvalue weighted by molar-refractivity contribution is 7.89. The lowest BCUT2D eigenvalue weighted by Gasteiger charge is -2.15. The van der Waals surface area contributed by atoms with Crippen LogP contribution in [0.4, 0.5) is 0 Å². The number of aromatic hydroxyl groups is 1. The minimum atomic E-state index is -3.68. The number of rotatable bonds is 5. The van der Waals surface area contributed by atoms with Gasteiger partial charge < -0.3 is 10.0 Å². The Hall–Kier alpha value is -1.60. The molecule has 0 radical (unpaired) electrons. The molecule has 0 aromatic heterocycles. The largest absolute Gasteiger partial charge is 0.508 e. The number of benzene rings is 1. The maximum absolute atomic E-state index is 11.9. The summed E-state index contributed by atoms with van der Waals surface area (Å²) in [7, 11) is -3.68. The van der Waals surface area contributed by atoms with Gasteiger partial charge in [0.2, 0.25) is 15.9 Å². The number of likely N-dealkylation sites (tertiary alicyclic amines) is 1. The summed E-state index contributed by atoms with van der Waals surface area (Å²) in [4.78, 5) is 13.5. The van der Waals surface area contributed by atoms with Crippen molar-refractivity contribution in [1.82, 2.24) is 9.62 Å². The normalized spacial score (nSPS) is 15.5. The van der Waals surface area contributed by atoms with E-state index in [1.54, 1.807) is 4.90 Å². The number of nitrogens with one attached hydrogen (secondary N) is 1. The molecule has 0 aliphatic carbocycles. The van der Waals surface area contributed by atoms with E-state index in [2.05, 4.69) is 4.72 Å². The van der Waals surface area contributed by atoms with Crippen molar-refractivity contribution in [3.63, 3.8) is 0 Å². The second kappa shape index (κ2) is 6.23. The molecule has 0 bridgehead atoms. The number of phenols is 1. The monoisotopic (exact) mass is 298 g/mol. The molecule has 0 atom stereocenters. The Morgan fingerprint density at radius 2 is 2.00 bits per heavy atom. The van der Waals surface area contributed by atoms with Gasteiger partial charge in [-0.1, -0.05) is 6.07 Å². The van der Waals surface area contributed by atoms with Gasteiger partial charge in [0.25, 0.3) is 0 Å². The zero-order valence-electron chi connectivity index (χ0n) is 11.1. The summed E-state index contributed by atoms with van der Waals surface area (Å²) < 4.78 is 26.3. The Kier molecular flexibility index (Phi) is 4.61. The summed E-state index contributed by atoms with van der Waals surface area (Å²) in [6, 6.07) is 5.42. The number of carbonyl (C=O) groups excluding carboxylic acids is 1. The molecule has 1 aromatic rings. The minimum absolute atomic E-state index is 0.00822. The second-order valence-electron chi connectivity index (χ2n) is 4.73. The molecular weight excluding hydrogens is 280 g/mol. The number of hydrogen-bond donors (Lipinski definition) is 2. The number of phenolic OH excluding ortho intramolecular Hbond substituents is 1. The van der Waals surface area contributed by atoms with Crippen molar-refractivity contribution in [2.24, 2.45) is 0 Å². The van der Waals surface area contributed by atoms with Gasteiger partial charge in [-0.2, -0.15) is 0 Å². The molecule has 1 heterocycles. The standard InChI is InChI=1S/C13H18N2O4S/c16-11-4-3-5-12(10-11)20(18,19)14-7-6-13(17)15-8-1-2-9-15/h3-5,10,14,16H,1-2,6-9H2. The Morgan fingerprint density at radius 3 is 2.65 bits per heavy atom. The predicted octanol–water partition coefficient (Wildman–Crippen LogP) is 0.683. The highest BCUT2D eigenvalue weighted by Crippen LogP contribution is 2.15. The third-order valence-corrected chi connectivity index (χ3v) is 4.68. The molecule has 110 valence electrons. The average molecular weight is 298 g/mol. The SMILES string of the molecule is O=C(CCNS(=O)(=O)c1cccc(O)c1)N1CCCC1. The molecule has 1 aromatic carbocycles. The first kappa shape index (κ1) is 14.8. The fraction of sp³-hybridized carbons (Fsp3) is 0.462. The van der Waals surface area contributed by atoms with E-state index < -0.39 is 10.0 Å². The van der Waals surface area contributed by atoms with Gasteiger partial charge in [-0.3, -0.25) is 4.79 Å². The van der Waals surface area contributed by atoms with E-state index in [-0.39, 0.29) is 29.5 Å². The maximum Gasteiger partial charge on any atom is 0.240 e. The van der Waals surface area contributed by atoms with E-state index in [1.165, 1.54) is 24.3 Å². The van der Waals surface area contributed by atoms with E-state index >= 15 is 0 Å². The van der Waals surface area contributed by atoms with Crippen LogP contribution in [0.25, 0.3) is 0 Å². The topological polar surface area (TPSA) is 86.7 Å². The number of carbonyl (C=O) groups is 1. The fourth-order valence-electron chi connectivity index (χ4n) is 2.15. The molecule has 0 spiro atoms. The van der Waals surface area contributed by atoms with Crippen molar-refractivity contribution in [3.8, 4) is 5.75 Å². The van der Waals surface area contributed by atoms with Gasteiger partial charge in [0.15, 0.2) is 0 Å². The molecule has 1 aliphatic rings. The van der Waals surface area contributed by atoms with Crippen LogP contribution in [0, 0.1) is 0 Å². The molecule has 0 saturated carbocycles. The molecule has 20 heavy (non-hydrogen) atoms. The lowest BCUT2D eigenvalue weighted by molar-refractivity contribution is -0.129. The first-order valence-corrected chi connectivity index (χ1v) is 8.04. The lowest BCUT2D eigenvalue weighted by atomic mass is 10.3. The molecule has 2 N–H and O–H groups in total. The quantitative estimate of drug-likeness (QED) is 0.837. The predicted molar refractivity (Wildman–Crippen MR) is 73.7 cm³/mol. The smallest absolute Gasteiger partial charge is 0.240 e. The van der Waals surface area contributed by atoms with Crippen molar-refractivity contribution in [3.05, 3.63) is 24.3 Å². The Labute approximate surface area is 118 Å². The molecule has 7 heteroatoms. The van der Waals surface area contributed by atoms with E-state index in [9.17, 15) is 18.3 Å². The maximum atomic E-state index is 11.9. The molecule has 1 fully saturated rings. The van der Waals surface area contributed by atoms with Crippen molar-refractivity contribution in [2.45, 2.75) is 24.2 Å². The van der Waals surface area contributed by atoms with Gasteiger partial charge >= 0.3 is 0 Å². The molecule has 0 unspecified atom stereocenters. The van der Waals surface area contributed by atoms with Crippen LogP contribution < -0.4 is 4.72 Å². The highest BCUT2D eigenvalue weighted by Gasteiger charge is 2.19. The second-order valence-corrected chi connectivity index (χ2v) is 6.50. The number of amides is 1. The van der Waals surface area contributed by atoms with Gasteiger partial charge in [0.1, 0.15) is 5.75 Å². The summed E-state index contributed by atoms with van der Waals surface area (Å²) in [5, 5.41) is 9.28. The minimum Gasteiger partial charge on any atom is -0.508 e. The summed E-state index contributed by atoms with van der Waals surface area (Å²) in [6.45, 7) is 1.59. The molecule has 6 nitrogen and oxygen atoms in total. The van der Waals surface area contributed by atoms with Crippen molar-refractivity contribution >= 4 is 15.9 Å². The van der Waals surface area contributed by atoms with E-state index in [4.69, 9.17) is 0 Å². The lowest BCUT2D eigenvalue weighted by Crippen LogP contribution is -2.32. The first-order valence-electron chi connectivity index (χ1n) is 6.55. The van der Waals surface area contributed by atoms with Crippen molar-refractivity contribution < 1.29 is 18.3 Å². The van der Waals surface area contributed by atoms with E-state index in [1.807, 2.05) is 0 Å². The molecule has 2 rings (SSSR count). The zero-order chi connectivity index (χ0) is 14.6. The molecule has 1 amide bonds. The van der Waals surface area contributed by atoms with Gasteiger partial charge in [0, 0.05) is 26.1 Å². The van der Waals surface area contributed by atoms with Gasteiger partial charge in [-0.25, -0.2) is 13.1 Å². The van der Waals surface area contributed by atoms with Crippen LogP contribution in [-0.4, -0.2) is 44.0 Å². The van der Waals surface area contributed by atoms with Crippen LogP contribution in [0.2, 0.25) is 0 Å². The zero-order valence-corrected chi connectivity index (χ0v) is 11.9. The van der Waals surface area contributed by atoms with Crippen LogP contribution in [0.3, 0.4) is 0 Å². The third kappa shape index (κ3) is 3.71. The van der Waals surface area contributed by atoms with Gasteiger partial charge in [-0.05, 0) is 31.0 Å². The van der Waals surface area contributed by atoms with Crippen LogP contribution in [0.5, 0.6) is 5.75 Å². The van der Waals surface area contributed by atoms with Gasteiger partial charge in [-0.15, -0.1) is 0 Å². The van der Waals surface area contributed by atoms with Crippen LogP contribution in [0.15, 0.2) is 29.2 Å². The van der Waals surface area contributed by atoms with Crippen molar-refractivity contribution in [2.75, 3.05) is 19.6 Å². The Balaban J connectivity index is 1.88. The average Bonchev–Trinajstić information content (AvgIpc) is 2.92. The first-order chi connectivity index (χ1) is 9.49. The van der Waals surface area contributed by atoms with Crippen LogP contribution in [0.1, 0.15) is 19.3 Å². The molecule has 1 aliphatic heterocycles. The number of hydrogen-bond acceptors (Lipinski definition) is 4. The van der Waals surface area contributed by atoms with Crippen molar-refractivity contribution in [1.29, 1.82) is 0 Å². The fourth-order valence-corrected chi connectivity index (χ4v) is 3.22. The molecular formula is C13H18N2O4S. The van der Waals surface area contributed by atoms with Crippen LogP contribution >= 0.6 is 0 Å². The Bertz CT molecular complexity index is 580.